The zero-order valence-electron chi connectivity index (χ0n) is 14.0. The lowest BCUT2D eigenvalue weighted by Crippen LogP contribution is -2.41. The van der Waals surface area contributed by atoms with Gasteiger partial charge in [0, 0.05) is 13.7 Å². The molecule has 1 aromatic rings. The minimum absolute atomic E-state index is 0.0706. The second-order valence-electron chi connectivity index (χ2n) is 5.71. The first-order chi connectivity index (χ1) is 9.96. The molecular formula is C14H29N5O2. The Morgan fingerprint density at radius 3 is 2.48 bits per heavy atom. The van der Waals surface area contributed by atoms with Crippen LogP contribution in [-0.2, 0) is 11.3 Å². The van der Waals surface area contributed by atoms with E-state index < -0.39 is 0 Å². The van der Waals surface area contributed by atoms with E-state index in [1.54, 1.807) is 20.4 Å². The Hall–Kier alpha value is -1.15. The fourth-order valence-electron chi connectivity index (χ4n) is 2.44. The zero-order valence-corrected chi connectivity index (χ0v) is 14.0. The van der Waals surface area contributed by atoms with Crippen molar-refractivity contribution in [2.45, 2.75) is 32.5 Å². The predicted octanol–water partition coefficient (Wildman–Crippen LogP) is 0.629. The van der Waals surface area contributed by atoms with Gasteiger partial charge in [-0.15, -0.1) is 0 Å². The van der Waals surface area contributed by atoms with E-state index in [-0.39, 0.29) is 12.1 Å². The van der Waals surface area contributed by atoms with Crippen molar-refractivity contribution in [3.8, 4) is 5.75 Å². The van der Waals surface area contributed by atoms with E-state index in [4.69, 9.17) is 15.3 Å². The van der Waals surface area contributed by atoms with E-state index in [1.807, 2.05) is 18.8 Å². The number of methoxy groups -OCH3 is 2. The highest BCUT2D eigenvalue weighted by molar-refractivity contribution is 5.29. The third-order valence-corrected chi connectivity index (χ3v) is 3.56. The SMILES string of the molecule is COc1cnn(CCN(C)C)c1C(NN)C(OC)C(C)C. The number of likely N-dealkylation sites (N-methyl/N-ethyl adjacent to an activating group) is 1. The van der Waals surface area contributed by atoms with Crippen molar-refractivity contribution in [3.05, 3.63) is 11.9 Å². The minimum Gasteiger partial charge on any atom is -0.493 e. The van der Waals surface area contributed by atoms with Crippen LogP contribution < -0.4 is 16.0 Å². The van der Waals surface area contributed by atoms with Crippen LogP contribution in [0.3, 0.4) is 0 Å². The average Bonchev–Trinajstić information content (AvgIpc) is 2.84. The maximum absolute atomic E-state index is 5.79. The summed E-state index contributed by atoms with van der Waals surface area (Å²) in [6.45, 7) is 5.85. The van der Waals surface area contributed by atoms with Crippen LogP contribution in [0.25, 0.3) is 0 Å². The normalized spacial score (nSPS) is 14.7. The van der Waals surface area contributed by atoms with Crippen molar-refractivity contribution in [3.63, 3.8) is 0 Å². The van der Waals surface area contributed by atoms with E-state index in [0.29, 0.717) is 5.92 Å². The molecule has 1 heterocycles. The van der Waals surface area contributed by atoms with Gasteiger partial charge in [-0.05, 0) is 20.0 Å². The molecule has 0 bridgehead atoms. The monoisotopic (exact) mass is 299 g/mol. The van der Waals surface area contributed by atoms with Crippen LogP contribution in [0.1, 0.15) is 25.6 Å². The molecule has 0 aliphatic heterocycles. The lowest BCUT2D eigenvalue weighted by atomic mass is 9.97. The smallest absolute Gasteiger partial charge is 0.161 e. The van der Waals surface area contributed by atoms with Crippen LogP contribution in [0.5, 0.6) is 5.75 Å². The molecule has 0 spiro atoms. The fourth-order valence-corrected chi connectivity index (χ4v) is 2.44. The lowest BCUT2D eigenvalue weighted by molar-refractivity contribution is 0.0292. The summed E-state index contributed by atoms with van der Waals surface area (Å²) in [6.07, 6.45) is 1.65. The van der Waals surface area contributed by atoms with Gasteiger partial charge < -0.3 is 14.4 Å². The number of nitrogens with one attached hydrogen (secondary N) is 1. The Labute approximate surface area is 127 Å². The summed E-state index contributed by atoms with van der Waals surface area (Å²) in [5, 5.41) is 4.42. The van der Waals surface area contributed by atoms with Crippen molar-refractivity contribution in [1.29, 1.82) is 0 Å². The van der Waals surface area contributed by atoms with Crippen LogP contribution in [0.15, 0.2) is 6.20 Å². The molecule has 7 heteroatoms. The molecule has 21 heavy (non-hydrogen) atoms. The summed E-state index contributed by atoms with van der Waals surface area (Å²) in [7, 11) is 7.40. The second kappa shape index (κ2) is 8.33. The summed E-state index contributed by atoms with van der Waals surface area (Å²) >= 11 is 0. The topological polar surface area (TPSA) is 77.6 Å². The molecule has 0 fully saturated rings. The standard InChI is InChI=1S/C14H29N5O2/c1-10(2)14(21-6)12(17-15)13-11(20-5)9-16-19(13)8-7-18(3)4/h9-10,12,14,17H,7-8,15H2,1-6H3. The number of ether oxygens (including phenoxy) is 2. The Morgan fingerprint density at radius 2 is 2.05 bits per heavy atom. The Kier molecular flexibility index (Phi) is 7.10. The molecule has 122 valence electrons. The maximum atomic E-state index is 5.79. The van der Waals surface area contributed by atoms with Gasteiger partial charge in [-0.25, -0.2) is 5.43 Å². The summed E-state index contributed by atoms with van der Waals surface area (Å²) in [5.74, 6) is 6.81. The van der Waals surface area contributed by atoms with Gasteiger partial charge in [0.1, 0.15) is 5.69 Å². The zero-order chi connectivity index (χ0) is 16.0. The van der Waals surface area contributed by atoms with Crippen LogP contribution in [-0.4, -0.2) is 55.6 Å². The van der Waals surface area contributed by atoms with Gasteiger partial charge in [0.05, 0.1) is 32.0 Å². The fraction of sp³-hybridized carbons (Fsp3) is 0.786. The highest BCUT2D eigenvalue weighted by atomic mass is 16.5. The number of nitrogens with two attached hydrogens (primary N) is 1. The third kappa shape index (κ3) is 4.41. The molecule has 0 saturated carbocycles. The number of hydrogen-bond donors (Lipinski definition) is 2. The Morgan fingerprint density at radius 1 is 1.38 bits per heavy atom. The van der Waals surface area contributed by atoms with Crippen molar-refractivity contribution in [2.24, 2.45) is 11.8 Å². The number of hydrazine groups is 1. The first-order valence-corrected chi connectivity index (χ1v) is 7.19. The molecule has 1 aromatic heterocycles. The number of aromatic nitrogens is 2. The first kappa shape index (κ1) is 17.9. The lowest BCUT2D eigenvalue weighted by Gasteiger charge is -2.29. The molecule has 2 unspecified atom stereocenters. The molecule has 1 rings (SSSR count). The minimum atomic E-state index is -0.186. The molecule has 2 atom stereocenters. The van der Waals surface area contributed by atoms with Crippen LogP contribution in [0.2, 0.25) is 0 Å². The molecule has 0 radical (unpaired) electrons. The van der Waals surface area contributed by atoms with Crippen molar-refractivity contribution < 1.29 is 9.47 Å². The molecular weight excluding hydrogens is 270 g/mol. The molecule has 3 N–H and O–H groups in total. The molecule has 7 nitrogen and oxygen atoms in total. The van der Waals surface area contributed by atoms with Crippen LogP contribution in [0.4, 0.5) is 0 Å². The molecule has 0 amide bonds. The highest BCUT2D eigenvalue weighted by Gasteiger charge is 2.31. The summed E-state index contributed by atoms with van der Waals surface area (Å²) in [5.41, 5.74) is 3.78. The number of hydrogen-bond acceptors (Lipinski definition) is 6. The average molecular weight is 299 g/mol. The predicted molar refractivity (Wildman–Crippen MR) is 83.0 cm³/mol. The van der Waals surface area contributed by atoms with E-state index in [0.717, 1.165) is 24.5 Å². The van der Waals surface area contributed by atoms with E-state index in [9.17, 15) is 0 Å². The van der Waals surface area contributed by atoms with Gasteiger partial charge >= 0.3 is 0 Å². The van der Waals surface area contributed by atoms with E-state index >= 15 is 0 Å². The second-order valence-corrected chi connectivity index (χ2v) is 5.71. The first-order valence-electron chi connectivity index (χ1n) is 7.19. The molecule has 0 aliphatic carbocycles. The Bertz CT molecular complexity index is 419. The summed E-state index contributed by atoms with van der Waals surface area (Å²) in [6, 6.07) is -0.186. The van der Waals surface area contributed by atoms with E-state index in [1.165, 1.54) is 0 Å². The quantitative estimate of drug-likeness (QED) is 0.514. The van der Waals surface area contributed by atoms with Gasteiger partial charge in [0.2, 0.25) is 0 Å². The summed E-state index contributed by atoms with van der Waals surface area (Å²) in [4.78, 5) is 2.11. The summed E-state index contributed by atoms with van der Waals surface area (Å²) < 4.78 is 13.0. The number of nitrogens with zero attached hydrogens (tertiary/aromatic N) is 3. The van der Waals surface area contributed by atoms with Gasteiger partial charge in [-0.3, -0.25) is 10.5 Å². The van der Waals surface area contributed by atoms with Crippen molar-refractivity contribution >= 4 is 0 Å². The molecule has 0 aliphatic rings. The van der Waals surface area contributed by atoms with Crippen LogP contribution in [0, 0.1) is 5.92 Å². The van der Waals surface area contributed by atoms with Gasteiger partial charge in [-0.2, -0.15) is 5.10 Å². The van der Waals surface area contributed by atoms with Gasteiger partial charge in [0.25, 0.3) is 0 Å². The molecule has 0 saturated heterocycles. The maximum Gasteiger partial charge on any atom is 0.161 e. The van der Waals surface area contributed by atoms with Gasteiger partial charge in [-0.1, -0.05) is 13.8 Å². The van der Waals surface area contributed by atoms with Crippen molar-refractivity contribution in [2.75, 3.05) is 34.9 Å². The molecule has 0 aromatic carbocycles. The van der Waals surface area contributed by atoms with Crippen molar-refractivity contribution in [1.82, 2.24) is 20.1 Å². The third-order valence-electron chi connectivity index (χ3n) is 3.56. The van der Waals surface area contributed by atoms with Gasteiger partial charge in [0.15, 0.2) is 5.75 Å². The van der Waals surface area contributed by atoms with Crippen LogP contribution >= 0.6 is 0 Å². The Balaban J connectivity index is 3.13. The largest absolute Gasteiger partial charge is 0.493 e. The number of rotatable bonds is 9. The highest BCUT2D eigenvalue weighted by Crippen LogP contribution is 2.30. The van der Waals surface area contributed by atoms with E-state index in [2.05, 4.69) is 29.3 Å².